The minimum absolute atomic E-state index is 0.0506. The highest BCUT2D eigenvalue weighted by Crippen LogP contribution is 2.34. The van der Waals surface area contributed by atoms with Crippen LogP contribution in [-0.2, 0) is 0 Å². The molecular formula is C15H12ClN3O2. The number of furan rings is 1. The number of pyridine rings is 1. The number of amides is 1. The van der Waals surface area contributed by atoms with Gasteiger partial charge < -0.3 is 15.5 Å². The highest BCUT2D eigenvalue weighted by atomic mass is 35.5. The molecule has 0 aliphatic carbocycles. The first kappa shape index (κ1) is 13.5. The minimum Gasteiger partial charge on any atom is -0.448 e. The van der Waals surface area contributed by atoms with Crippen LogP contribution in [0.4, 0.5) is 11.4 Å². The molecule has 0 saturated carbocycles. The van der Waals surface area contributed by atoms with Crippen LogP contribution < -0.4 is 11.1 Å². The number of hydrogen-bond donors (Lipinski definition) is 2. The lowest BCUT2D eigenvalue weighted by Gasteiger charge is -2.08. The van der Waals surface area contributed by atoms with Crippen LogP contribution in [0.5, 0.6) is 0 Å². The fourth-order valence-corrected chi connectivity index (χ4v) is 2.38. The second-order valence-electron chi connectivity index (χ2n) is 4.65. The number of aryl methyl sites for hydroxylation is 1. The van der Waals surface area contributed by atoms with Crippen molar-refractivity contribution in [2.24, 2.45) is 5.73 Å². The SMILES string of the molecule is Cc1ccc(Nc2c(C(N)=O)oc3ccncc23)c(Cl)c1. The highest BCUT2D eigenvalue weighted by molar-refractivity contribution is 6.33. The third-order valence-corrected chi connectivity index (χ3v) is 3.41. The monoisotopic (exact) mass is 301 g/mol. The van der Waals surface area contributed by atoms with Gasteiger partial charge in [-0.1, -0.05) is 17.7 Å². The first-order valence-corrected chi connectivity index (χ1v) is 6.63. The van der Waals surface area contributed by atoms with E-state index in [1.165, 1.54) is 0 Å². The van der Waals surface area contributed by atoms with Gasteiger partial charge in [-0.3, -0.25) is 9.78 Å². The van der Waals surface area contributed by atoms with Gasteiger partial charge in [-0.05, 0) is 30.7 Å². The molecular weight excluding hydrogens is 290 g/mol. The molecule has 3 N–H and O–H groups in total. The van der Waals surface area contributed by atoms with E-state index in [1.807, 2.05) is 25.1 Å². The fraction of sp³-hybridized carbons (Fsp3) is 0.0667. The first-order chi connectivity index (χ1) is 10.1. The lowest BCUT2D eigenvalue weighted by Crippen LogP contribution is -2.11. The van der Waals surface area contributed by atoms with Gasteiger partial charge in [-0.25, -0.2) is 0 Å². The molecule has 21 heavy (non-hydrogen) atoms. The summed E-state index contributed by atoms with van der Waals surface area (Å²) >= 11 is 6.20. The smallest absolute Gasteiger partial charge is 0.286 e. The van der Waals surface area contributed by atoms with Gasteiger partial charge in [0.05, 0.1) is 16.1 Å². The normalized spacial score (nSPS) is 10.8. The third-order valence-electron chi connectivity index (χ3n) is 3.10. The summed E-state index contributed by atoms with van der Waals surface area (Å²) in [6, 6.07) is 7.24. The molecule has 5 nitrogen and oxygen atoms in total. The molecule has 6 heteroatoms. The fourth-order valence-electron chi connectivity index (χ4n) is 2.10. The van der Waals surface area contributed by atoms with Crippen molar-refractivity contribution >= 4 is 39.9 Å². The van der Waals surface area contributed by atoms with Crippen molar-refractivity contribution in [3.8, 4) is 0 Å². The Kier molecular flexibility index (Phi) is 3.27. The molecule has 3 aromatic rings. The Labute approximate surface area is 125 Å². The Hall–Kier alpha value is -2.53. The largest absolute Gasteiger partial charge is 0.448 e. The molecule has 0 fully saturated rings. The number of nitrogens with one attached hydrogen (secondary N) is 1. The summed E-state index contributed by atoms with van der Waals surface area (Å²) in [6.45, 7) is 1.95. The van der Waals surface area contributed by atoms with Crippen LogP contribution >= 0.6 is 11.6 Å². The van der Waals surface area contributed by atoms with Gasteiger partial charge in [0.15, 0.2) is 0 Å². The number of primary amides is 1. The zero-order valence-corrected chi connectivity index (χ0v) is 11.9. The molecule has 0 aliphatic rings. The van der Waals surface area contributed by atoms with Crippen molar-refractivity contribution in [3.05, 3.63) is 53.0 Å². The second kappa shape index (κ2) is 5.10. The third kappa shape index (κ3) is 2.43. The lowest BCUT2D eigenvalue weighted by atomic mass is 10.2. The number of nitrogens with zero attached hydrogens (tertiary/aromatic N) is 1. The first-order valence-electron chi connectivity index (χ1n) is 6.26. The average molecular weight is 302 g/mol. The standard InChI is InChI=1S/C15H12ClN3O2/c1-8-2-3-11(10(16)6-8)19-13-9-7-18-5-4-12(9)21-14(13)15(17)20/h2-7,19H,1H3,(H2,17,20). The van der Waals surface area contributed by atoms with Crippen molar-refractivity contribution in [3.63, 3.8) is 0 Å². The molecule has 0 saturated heterocycles. The van der Waals surface area contributed by atoms with E-state index in [9.17, 15) is 4.79 Å². The Balaban J connectivity index is 2.14. The summed E-state index contributed by atoms with van der Waals surface area (Å²) in [4.78, 5) is 15.6. The summed E-state index contributed by atoms with van der Waals surface area (Å²) in [5.74, 6) is -0.605. The Morgan fingerprint density at radius 2 is 2.19 bits per heavy atom. The average Bonchev–Trinajstić information content (AvgIpc) is 2.81. The zero-order valence-electron chi connectivity index (χ0n) is 11.2. The van der Waals surface area contributed by atoms with Crippen molar-refractivity contribution in [2.45, 2.75) is 6.92 Å². The summed E-state index contributed by atoms with van der Waals surface area (Å²) in [7, 11) is 0. The predicted molar refractivity (Wildman–Crippen MR) is 82.0 cm³/mol. The highest BCUT2D eigenvalue weighted by Gasteiger charge is 2.19. The van der Waals surface area contributed by atoms with Gasteiger partial charge in [-0.2, -0.15) is 0 Å². The number of rotatable bonds is 3. The molecule has 1 amide bonds. The van der Waals surface area contributed by atoms with Crippen LogP contribution in [0.25, 0.3) is 11.0 Å². The van der Waals surface area contributed by atoms with E-state index >= 15 is 0 Å². The van der Waals surface area contributed by atoms with Gasteiger partial charge in [0, 0.05) is 12.4 Å². The summed E-state index contributed by atoms with van der Waals surface area (Å²) in [5, 5.41) is 4.32. The Bertz CT molecular complexity index is 842. The molecule has 0 spiro atoms. The maximum Gasteiger partial charge on any atom is 0.286 e. The summed E-state index contributed by atoms with van der Waals surface area (Å²) in [6.07, 6.45) is 3.19. The summed E-state index contributed by atoms with van der Waals surface area (Å²) in [5.41, 5.74) is 8.07. The van der Waals surface area contributed by atoms with Crippen LogP contribution in [0.3, 0.4) is 0 Å². The molecule has 0 bridgehead atoms. The number of carbonyl (C=O) groups excluding carboxylic acids is 1. The van der Waals surface area contributed by atoms with Crippen molar-refractivity contribution < 1.29 is 9.21 Å². The Morgan fingerprint density at radius 3 is 2.90 bits per heavy atom. The van der Waals surface area contributed by atoms with E-state index in [0.717, 1.165) is 5.56 Å². The van der Waals surface area contributed by atoms with E-state index in [1.54, 1.807) is 18.5 Å². The number of carbonyl (C=O) groups is 1. The molecule has 0 atom stereocenters. The number of fused-ring (bicyclic) bond motifs is 1. The zero-order chi connectivity index (χ0) is 15.0. The molecule has 2 heterocycles. The van der Waals surface area contributed by atoms with Crippen LogP contribution in [0.15, 0.2) is 41.1 Å². The van der Waals surface area contributed by atoms with Crippen LogP contribution in [0.2, 0.25) is 5.02 Å². The minimum atomic E-state index is -0.656. The second-order valence-corrected chi connectivity index (χ2v) is 5.06. The molecule has 2 aromatic heterocycles. The maximum absolute atomic E-state index is 11.6. The molecule has 3 rings (SSSR count). The van der Waals surface area contributed by atoms with E-state index in [-0.39, 0.29) is 5.76 Å². The topological polar surface area (TPSA) is 81.1 Å². The van der Waals surface area contributed by atoms with Crippen LogP contribution in [0.1, 0.15) is 16.1 Å². The van der Waals surface area contributed by atoms with Gasteiger partial charge >= 0.3 is 0 Å². The van der Waals surface area contributed by atoms with E-state index in [0.29, 0.717) is 27.4 Å². The molecule has 0 aliphatic heterocycles. The number of halogens is 1. The van der Waals surface area contributed by atoms with Gasteiger partial charge in [0.25, 0.3) is 5.91 Å². The number of benzene rings is 1. The summed E-state index contributed by atoms with van der Waals surface area (Å²) < 4.78 is 5.48. The quantitative estimate of drug-likeness (QED) is 0.774. The molecule has 0 unspecified atom stereocenters. The van der Waals surface area contributed by atoms with Gasteiger partial charge in [0.2, 0.25) is 5.76 Å². The van der Waals surface area contributed by atoms with Gasteiger partial charge in [0.1, 0.15) is 11.3 Å². The van der Waals surface area contributed by atoms with Crippen LogP contribution in [-0.4, -0.2) is 10.9 Å². The van der Waals surface area contributed by atoms with Crippen LogP contribution in [0, 0.1) is 6.92 Å². The van der Waals surface area contributed by atoms with Crippen molar-refractivity contribution in [1.82, 2.24) is 4.98 Å². The van der Waals surface area contributed by atoms with E-state index in [4.69, 9.17) is 21.8 Å². The Morgan fingerprint density at radius 1 is 1.38 bits per heavy atom. The lowest BCUT2D eigenvalue weighted by molar-refractivity contribution is 0.0977. The van der Waals surface area contributed by atoms with Gasteiger partial charge in [-0.15, -0.1) is 0 Å². The molecule has 0 radical (unpaired) electrons. The van der Waals surface area contributed by atoms with E-state index in [2.05, 4.69) is 10.3 Å². The van der Waals surface area contributed by atoms with E-state index < -0.39 is 5.91 Å². The number of aromatic nitrogens is 1. The predicted octanol–water partition coefficient (Wildman–Crippen LogP) is 3.63. The number of hydrogen-bond acceptors (Lipinski definition) is 4. The number of nitrogens with two attached hydrogens (primary N) is 1. The number of anilines is 2. The van der Waals surface area contributed by atoms with Crippen molar-refractivity contribution in [1.29, 1.82) is 0 Å². The van der Waals surface area contributed by atoms with Crippen molar-refractivity contribution in [2.75, 3.05) is 5.32 Å². The molecule has 1 aromatic carbocycles. The maximum atomic E-state index is 11.6. The molecule has 106 valence electrons.